The van der Waals surface area contributed by atoms with Crippen LogP contribution in [0.1, 0.15) is 36.5 Å². The molecule has 2 aromatic rings. The van der Waals surface area contributed by atoms with Crippen molar-refractivity contribution in [2.75, 3.05) is 5.32 Å². The second-order valence-electron chi connectivity index (χ2n) is 5.48. The number of hydrogen-bond donors (Lipinski definition) is 2. The van der Waals surface area contributed by atoms with E-state index in [2.05, 4.69) is 47.3 Å². The maximum absolute atomic E-state index is 5.94. The van der Waals surface area contributed by atoms with Crippen molar-refractivity contribution in [3.63, 3.8) is 0 Å². The third kappa shape index (κ3) is 5.63. The highest BCUT2D eigenvalue weighted by Crippen LogP contribution is 2.18. The molecule has 0 fully saturated rings. The number of nitrogens with one attached hydrogen (secondary N) is 1. The van der Waals surface area contributed by atoms with Crippen molar-refractivity contribution in [1.82, 2.24) is 4.98 Å². The van der Waals surface area contributed by atoms with E-state index in [0.29, 0.717) is 18.4 Å². The van der Waals surface area contributed by atoms with E-state index in [4.69, 9.17) is 5.73 Å². The first-order chi connectivity index (χ1) is 10.0. The van der Waals surface area contributed by atoms with Gasteiger partial charge in [0.05, 0.1) is 6.54 Å². The van der Waals surface area contributed by atoms with E-state index in [9.17, 15) is 0 Å². The normalized spacial score (nSPS) is 11.2. The summed E-state index contributed by atoms with van der Waals surface area (Å²) in [6, 6.07) is 10.3. The number of anilines is 1. The predicted octanol–water partition coefficient (Wildman–Crippen LogP) is 4.06. The molecule has 0 saturated heterocycles. The van der Waals surface area contributed by atoms with Crippen LogP contribution in [0.3, 0.4) is 0 Å². The second-order valence-corrected chi connectivity index (χ2v) is 5.48. The number of nitrogens with two attached hydrogens (primary N) is 1. The Labute approximate surface area is 149 Å². The van der Waals surface area contributed by atoms with Gasteiger partial charge in [0, 0.05) is 18.1 Å². The molecule has 0 aliphatic carbocycles. The summed E-state index contributed by atoms with van der Waals surface area (Å²) in [5.41, 5.74) is 10.3. The fourth-order valence-corrected chi connectivity index (χ4v) is 2.04. The van der Waals surface area contributed by atoms with Gasteiger partial charge >= 0.3 is 0 Å². The molecule has 0 aliphatic heterocycles. The number of aliphatic imine (C=N–C) groups is 1. The highest BCUT2D eigenvalue weighted by atomic mass is 127. The molecular weight excluding hydrogens is 387 g/mol. The van der Waals surface area contributed by atoms with Crippen LogP contribution in [-0.2, 0) is 6.54 Å². The molecule has 0 bridgehead atoms. The Balaban J connectivity index is 0.00000242. The Morgan fingerprint density at radius 1 is 1.27 bits per heavy atom. The largest absolute Gasteiger partial charge is 0.370 e. The van der Waals surface area contributed by atoms with Crippen molar-refractivity contribution in [3.8, 4) is 0 Å². The fourth-order valence-electron chi connectivity index (χ4n) is 2.04. The molecule has 0 aliphatic rings. The smallest absolute Gasteiger partial charge is 0.193 e. The third-order valence-electron chi connectivity index (χ3n) is 3.19. The number of aryl methyl sites for hydroxylation is 1. The van der Waals surface area contributed by atoms with Crippen LogP contribution in [-0.4, -0.2) is 10.9 Å². The lowest BCUT2D eigenvalue weighted by atomic mass is 10.0. The zero-order chi connectivity index (χ0) is 15.2. The minimum atomic E-state index is 0. The van der Waals surface area contributed by atoms with Gasteiger partial charge < -0.3 is 11.1 Å². The molecule has 0 spiro atoms. The van der Waals surface area contributed by atoms with Crippen molar-refractivity contribution in [3.05, 3.63) is 59.4 Å². The molecule has 0 amide bonds. The number of hydrogen-bond acceptors (Lipinski definition) is 2. The molecule has 4 nitrogen and oxygen atoms in total. The zero-order valence-corrected chi connectivity index (χ0v) is 15.5. The average Bonchev–Trinajstić information content (AvgIpc) is 2.45. The van der Waals surface area contributed by atoms with Crippen molar-refractivity contribution >= 4 is 35.6 Å². The topological polar surface area (TPSA) is 63.3 Å². The van der Waals surface area contributed by atoms with Gasteiger partial charge in [-0.25, -0.2) is 4.99 Å². The molecule has 3 N–H and O–H groups in total. The predicted molar refractivity (Wildman–Crippen MR) is 104 cm³/mol. The molecule has 1 aromatic heterocycles. The summed E-state index contributed by atoms with van der Waals surface area (Å²) in [6.45, 7) is 6.87. The highest BCUT2D eigenvalue weighted by molar-refractivity contribution is 14.0. The van der Waals surface area contributed by atoms with E-state index in [0.717, 1.165) is 16.8 Å². The van der Waals surface area contributed by atoms with Crippen LogP contribution in [0.5, 0.6) is 0 Å². The Hall–Kier alpha value is -1.63. The second kappa shape index (κ2) is 8.73. The first-order valence-electron chi connectivity index (χ1n) is 7.12. The molecule has 0 atom stereocenters. The molecule has 0 unspecified atom stereocenters. The lowest BCUT2D eigenvalue weighted by Gasteiger charge is -2.10. The van der Waals surface area contributed by atoms with Crippen molar-refractivity contribution in [1.29, 1.82) is 0 Å². The van der Waals surface area contributed by atoms with Gasteiger partial charge in [-0.1, -0.05) is 32.0 Å². The van der Waals surface area contributed by atoms with Gasteiger partial charge in [-0.15, -0.1) is 24.0 Å². The SMILES string of the molecule is Cc1cncc(CN=C(N)Nc2cccc(C(C)C)c2)c1.I. The quantitative estimate of drug-likeness (QED) is 0.454. The number of nitrogens with zero attached hydrogens (tertiary/aromatic N) is 2. The van der Waals surface area contributed by atoms with E-state index in [1.165, 1.54) is 5.56 Å². The first-order valence-corrected chi connectivity index (χ1v) is 7.12. The Bertz CT molecular complexity index is 638. The van der Waals surface area contributed by atoms with Gasteiger partial charge in [-0.2, -0.15) is 0 Å². The van der Waals surface area contributed by atoms with Gasteiger partial charge in [0.15, 0.2) is 5.96 Å². The fraction of sp³-hybridized carbons (Fsp3) is 0.294. The molecule has 0 saturated carbocycles. The molecule has 2 rings (SSSR count). The molecular formula is C17H23IN4. The van der Waals surface area contributed by atoms with Crippen LogP contribution in [0.2, 0.25) is 0 Å². The molecule has 118 valence electrons. The lowest BCUT2D eigenvalue weighted by molar-refractivity contribution is 0.867. The van der Waals surface area contributed by atoms with Crippen molar-refractivity contribution < 1.29 is 0 Å². The summed E-state index contributed by atoms with van der Waals surface area (Å²) in [5, 5.41) is 3.13. The van der Waals surface area contributed by atoms with E-state index in [1.807, 2.05) is 31.5 Å². The number of guanidine groups is 1. The molecule has 0 radical (unpaired) electrons. The highest BCUT2D eigenvalue weighted by Gasteiger charge is 2.01. The minimum Gasteiger partial charge on any atom is -0.370 e. The average molecular weight is 410 g/mol. The third-order valence-corrected chi connectivity index (χ3v) is 3.19. The van der Waals surface area contributed by atoms with Gasteiger partial charge in [0.1, 0.15) is 0 Å². The maximum atomic E-state index is 5.94. The number of pyridine rings is 1. The summed E-state index contributed by atoms with van der Waals surface area (Å²) in [4.78, 5) is 8.50. The van der Waals surface area contributed by atoms with Gasteiger partial charge in [0.25, 0.3) is 0 Å². The number of halogens is 1. The Morgan fingerprint density at radius 2 is 2.05 bits per heavy atom. The van der Waals surface area contributed by atoms with Crippen LogP contribution in [0.25, 0.3) is 0 Å². The van der Waals surface area contributed by atoms with Crippen molar-refractivity contribution in [2.24, 2.45) is 10.7 Å². The summed E-state index contributed by atoms with van der Waals surface area (Å²) >= 11 is 0. The van der Waals surface area contributed by atoms with Crippen LogP contribution in [0, 0.1) is 6.92 Å². The summed E-state index contributed by atoms with van der Waals surface area (Å²) in [6.07, 6.45) is 3.63. The maximum Gasteiger partial charge on any atom is 0.193 e. The van der Waals surface area contributed by atoms with Gasteiger partial charge in [-0.05, 0) is 41.7 Å². The number of aromatic nitrogens is 1. The van der Waals surface area contributed by atoms with Crippen molar-refractivity contribution in [2.45, 2.75) is 33.2 Å². The lowest BCUT2D eigenvalue weighted by Crippen LogP contribution is -2.22. The van der Waals surface area contributed by atoms with E-state index >= 15 is 0 Å². The Kier molecular flexibility index (Phi) is 7.31. The van der Waals surface area contributed by atoms with E-state index in [-0.39, 0.29) is 24.0 Å². The minimum absolute atomic E-state index is 0. The van der Waals surface area contributed by atoms with Crippen LogP contribution < -0.4 is 11.1 Å². The molecule has 22 heavy (non-hydrogen) atoms. The van der Waals surface area contributed by atoms with E-state index < -0.39 is 0 Å². The summed E-state index contributed by atoms with van der Waals surface area (Å²) < 4.78 is 0. The van der Waals surface area contributed by atoms with Gasteiger partial charge in [0.2, 0.25) is 0 Å². The number of rotatable bonds is 4. The van der Waals surface area contributed by atoms with Crippen LogP contribution >= 0.6 is 24.0 Å². The number of benzene rings is 1. The van der Waals surface area contributed by atoms with Crippen LogP contribution in [0.4, 0.5) is 5.69 Å². The molecule has 5 heteroatoms. The summed E-state index contributed by atoms with van der Waals surface area (Å²) in [7, 11) is 0. The molecule has 1 aromatic carbocycles. The monoisotopic (exact) mass is 410 g/mol. The Morgan fingerprint density at radius 3 is 2.73 bits per heavy atom. The first kappa shape index (κ1) is 18.4. The van der Waals surface area contributed by atoms with Crippen LogP contribution in [0.15, 0.2) is 47.7 Å². The van der Waals surface area contributed by atoms with E-state index in [1.54, 1.807) is 0 Å². The standard InChI is InChI=1S/C17H22N4.HI/c1-12(2)15-5-4-6-16(8-15)21-17(18)20-11-14-7-13(3)9-19-10-14;/h4-10,12H,11H2,1-3H3,(H3,18,20,21);1H. The summed E-state index contributed by atoms with van der Waals surface area (Å²) in [5.74, 6) is 0.903. The molecule has 1 heterocycles. The zero-order valence-electron chi connectivity index (χ0n) is 13.2. The van der Waals surface area contributed by atoms with Gasteiger partial charge in [-0.3, -0.25) is 4.98 Å².